The van der Waals surface area contributed by atoms with Gasteiger partial charge in [-0.3, -0.25) is 9.78 Å². The highest BCUT2D eigenvalue weighted by molar-refractivity contribution is 5.81. The van der Waals surface area contributed by atoms with Crippen molar-refractivity contribution in [2.45, 2.75) is 25.7 Å². The number of nitrogens with zero attached hydrogens (tertiary/aromatic N) is 1. The molecule has 0 spiro atoms. The van der Waals surface area contributed by atoms with Gasteiger partial charge in [0, 0.05) is 24.5 Å². The van der Waals surface area contributed by atoms with E-state index in [0.717, 1.165) is 36.8 Å². The fourth-order valence-corrected chi connectivity index (χ4v) is 3.09. The van der Waals surface area contributed by atoms with E-state index in [2.05, 4.69) is 33.8 Å². The van der Waals surface area contributed by atoms with Crippen LogP contribution < -0.4 is 10.6 Å². The summed E-state index contributed by atoms with van der Waals surface area (Å²) < 4.78 is 0. The number of fused-ring (bicyclic) bond motifs is 1. The molecule has 1 unspecified atom stereocenters. The monoisotopic (exact) mass is 297 g/mol. The zero-order valence-electron chi connectivity index (χ0n) is 12.8. The first-order valence-corrected chi connectivity index (χ1v) is 8.13. The second kappa shape index (κ2) is 7.36. The van der Waals surface area contributed by atoms with Crippen LogP contribution in [0.2, 0.25) is 0 Å². The zero-order valence-corrected chi connectivity index (χ0v) is 12.8. The number of nitrogens with one attached hydrogen (secondary N) is 2. The van der Waals surface area contributed by atoms with E-state index in [4.69, 9.17) is 0 Å². The Labute approximate surface area is 131 Å². The number of para-hydroxylation sites is 1. The summed E-state index contributed by atoms with van der Waals surface area (Å²) in [5, 5.41) is 7.52. The van der Waals surface area contributed by atoms with Gasteiger partial charge in [0.05, 0.1) is 5.52 Å². The molecule has 2 heterocycles. The van der Waals surface area contributed by atoms with Crippen LogP contribution in [0.1, 0.15) is 24.8 Å². The number of carbonyl (C=O) groups is 1. The number of amides is 1. The maximum atomic E-state index is 11.9. The first kappa shape index (κ1) is 15.0. The Hall–Kier alpha value is -1.94. The van der Waals surface area contributed by atoms with Crippen LogP contribution in [0.4, 0.5) is 0 Å². The summed E-state index contributed by atoms with van der Waals surface area (Å²) in [6.45, 7) is 2.84. The second-order valence-corrected chi connectivity index (χ2v) is 5.99. The Morgan fingerprint density at radius 3 is 3.09 bits per heavy atom. The molecule has 1 aromatic carbocycles. The molecule has 3 rings (SSSR count). The predicted molar refractivity (Wildman–Crippen MR) is 88.7 cm³/mol. The normalized spacial score (nSPS) is 17.7. The van der Waals surface area contributed by atoms with Crippen LogP contribution >= 0.6 is 0 Å². The van der Waals surface area contributed by atoms with E-state index in [-0.39, 0.29) is 5.91 Å². The van der Waals surface area contributed by atoms with Gasteiger partial charge in [-0.2, -0.15) is 0 Å². The van der Waals surface area contributed by atoms with Crippen molar-refractivity contribution in [1.82, 2.24) is 15.6 Å². The third-order valence-electron chi connectivity index (χ3n) is 4.37. The van der Waals surface area contributed by atoms with Gasteiger partial charge in [0.25, 0.3) is 0 Å². The minimum atomic E-state index is 0.167. The van der Waals surface area contributed by atoms with Crippen molar-refractivity contribution in [3.63, 3.8) is 0 Å². The summed E-state index contributed by atoms with van der Waals surface area (Å²) >= 11 is 0. The molecule has 4 heteroatoms. The molecule has 0 bridgehead atoms. The largest absolute Gasteiger partial charge is 0.356 e. The molecule has 1 fully saturated rings. The molecule has 2 N–H and O–H groups in total. The van der Waals surface area contributed by atoms with E-state index in [9.17, 15) is 4.79 Å². The van der Waals surface area contributed by atoms with E-state index in [0.29, 0.717) is 18.9 Å². The first-order valence-electron chi connectivity index (χ1n) is 8.13. The summed E-state index contributed by atoms with van der Waals surface area (Å²) in [5.41, 5.74) is 2.23. The summed E-state index contributed by atoms with van der Waals surface area (Å²) in [7, 11) is 0. The van der Waals surface area contributed by atoms with Crippen LogP contribution in [0.5, 0.6) is 0 Å². The van der Waals surface area contributed by atoms with E-state index < -0.39 is 0 Å². The maximum Gasteiger partial charge on any atom is 0.220 e. The highest BCUT2D eigenvalue weighted by Gasteiger charge is 2.15. The van der Waals surface area contributed by atoms with E-state index in [1.54, 1.807) is 0 Å². The predicted octanol–water partition coefficient (Wildman–Crippen LogP) is 2.28. The minimum absolute atomic E-state index is 0.167. The van der Waals surface area contributed by atoms with Crippen LogP contribution in [0.3, 0.4) is 0 Å². The van der Waals surface area contributed by atoms with Crippen molar-refractivity contribution in [3.05, 3.63) is 42.1 Å². The summed E-state index contributed by atoms with van der Waals surface area (Å²) in [5.74, 6) is 0.841. The molecule has 1 saturated heterocycles. The number of benzene rings is 1. The molecule has 1 aliphatic heterocycles. The average Bonchev–Trinajstić information content (AvgIpc) is 3.07. The van der Waals surface area contributed by atoms with Crippen molar-refractivity contribution >= 4 is 16.8 Å². The molecule has 0 saturated carbocycles. The average molecular weight is 297 g/mol. The number of aromatic nitrogens is 1. The Balaban J connectivity index is 1.46. The lowest BCUT2D eigenvalue weighted by molar-refractivity contribution is -0.121. The van der Waals surface area contributed by atoms with Gasteiger partial charge in [0.15, 0.2) is 0 Å². The number of carbonyl (C=O) groups excluding carboxylic acids is 1. The molecular formula is C18H23N3O. The van der Waals surface area contributed by atoms with Gasteiger partial charge in [-0.1, -0.05) is 24.3 Å². The van der Waals surface area contributed by atoms with Gasteiger partial charge in [-0.05, 0) is 49.9 Å². The van der Waals surface area contributed by atoms with Gasteiger partial charge >= 0.3 is 0 Å². The molecule has 0 radical (unpaired) electrons. The van der Waals surface area contributed by atoms with Crippen molar-refractivity contribution in [2.24, 2.45) is 5.92 Å². The number of hydrogen-bond acceptors (Lipinski definition) is 3. The lowest BCUT2D eigenvalue weighted by atomic mass is 10.0. The summed E-state index contributed by atoms with van der Waals surface area (Å²) in [6, 6.07) is 10.2. The summed E-state index contributed by atoms with van der Waals surface area (Å²) in [6.07, 6.45) is 5.48. The molecule has 1 aliphatic rings. The molecule has 4 nitrogen and oxygen atoms in total. The van der Waals surface area contributed by atoms with Crippen LogP contribution in [-0.2, 0) is 11.2 Å². The van der Waals surface area contributed by atoms with Crippen molar-refractivity contribution in [2.75, 3.05) is 19.6 Å². The van der Waals surface area contributed by atoms with Crippen LogP contribution in [0.15, 0.2) is 36.5 Å². The molecule has 22 heavy (non-hydrogen) atoms. The fourth-order valence-electron chi connectivity index (χ4n) is 3.09. The third-order valence-corrected chi connectivity index (χ3v) is 4.37. The van der Waals surface area contributed by atoms with Gasteiger partial charge < -0.3 is 10.6 Å². The van der Waals surface area contributed by atoms with E-state index in [1.807, 2.05) is 18.3 Å². The Morgan fingerprint density at radius 1 is 1.32 bits per heavy atom. The smallest absolute Gasteiger partial charge is 0.220 e. The van der Waals surface area contributed by atoms with Crippen LogP contribution in [-0.4, -0.2) is 30.5 Å². The Bertz CT molecular complexity index is 630. The number of rotatable bonds is 6. The third kappa shape index (κ3) is 3.83. The number of pyridine rings is 1. The quantitative estimate of drug-likeness (QED) is 0.860. The lowest BCUT2D eigenvalue weighted by Gasteiger charge is -2.09. The Kier molecular flexibility index (Phi) is 5.01. The summed E-state index contributed by atoms with van der Waals surface area (Å²) in [4.78, 5) is 16.4. The molecule has 1 aromatic heterocycles. The van der Waals surface area contributed by atoms with Gasteiger partial charge in [-0.15, -0.1) is 0 Å². The van der Waals surface area contributed by atoms with E-state index >= 15 is 0 Å². The van der Waals surface area contributed by atoms with Gasteiger partial charge in [0.2, 0.25) is 5.91 Å². The molecule has 116 valence electrons. The van der Waals surface area contributed by atoms with Crippen LogP contribution in [0, 0.1) is 5.92 Å². The SMILES string of the molecule is O=C(CCC1CCNC1)NCCc1cccc2cccnc12. The zero-order chi connectivity index (χ0) is 15.2. The van der Waals surface area contributed by atoms with Crippen molar-refractivity contribution in [1.29, 1.82) is 0 Å². The highest BCUT2D eigenvalue weighted by atomic mass is 16.1. The lowest BCUT2D eigenvalue weighted by Crippen LogP contribution is -2.26. The standard InChI is InChI=1S/C18H23N3O/c22-17(7-6-14-8-11-19-13-14)20-12-9-16-4-1-3-15-5-2-10-21-18(15)16/h1-5,10,14,19H,6-9,11-13H2,(H,20,22). The molecule has 1 amide bonds. The van der Waals surface area contributed by atoms with Crippen LogP contribution in [0.25, 0.3) is 10.9 Å². The first-order chi connectivity index (χ1) is 10.8. The van der Waals surface area contributed by atoms with Gasteiger partial charge in [0.1, 0.15) is 0 Å². The molecule has 1 atom stereocenters. The Morgan fingerprint density at radius 2 is 2.23 bits per heavy atom. The number of hydrogen-bond donors (Lipinski definition) is 2. The van der Waals surface area contributed by atoms with Gasteiger partial charge in [-0.25, -0.2) is 0 Å². The van der Waals surface area contributed by atoms with Crippen molar-refractivity contribution in [3.8, 4) is 0 Å². The maximum absolute atomic E-state index is 11.9. The van der Waals surface area contributed by atoms with E-state index in [1.165, 1.54) is 12.0 Å². The fraction of sp³-hybridized carbons (Fsp3) is 0.444. The highest BCUT2D eigenvalue weighted by Crippen LogP contribution is 2.16. The molecule has 2 aromatic rings. The molecular weight excluding hydrogens is 274 g/mol. The second-order valence-electron chi connectivity index (χ2n) is 5.99. The topological polar surface area (TPSA) is 54.0 Å². The minimum Gasteiger partial charge on any atom is -0.356 e. The molecule has 0 aliphatic carbocycles. The van der Waals surface area contributed by atoms with Crippen molar-refractivity contribution < 1.29 is 4.79 Å².